The van der Waals surface area contributed by atoms with E-state index in [1.165, 1.54) is 44.9 Å². The maximum atomic E-state index is 6.50. The molecule has 0 aromatic rings. The van der Waals surface area contributed by atoms with Crippen LogP contribution in [-0.2, 0) is 4.74 Å². The van der Waals surface area contributed by atoms with Crippen molar-refractivity contribution < 1.29 is 4.74 Å². The molecule has 2 rings (SSSR count). The molecule has 3 unspecified atom stereocenters. The Morgan fingerprint density at radius 3 is 2.30 bits per heavy atom. The van der Waals surface area contributed by atoms with Gasteiger partial charge in [-0.05, 0) is 56.9 Å². The lowest BCUT2D eigenvalue weighted by molar-refractivity contribution is -0.167. The molecule has 0 aromatic carbocycles. The highest BCUT2D eigenvalue weighted by atomic mass is 16.5. The maximum Gasteiger partial charge on any atom is 0.0662 e. The fourth-order valence-corrected chi connectivity index (χ4v) is 3.88. The molecule has 2 heteroatoms. The molecule has 0 bridgehead atoms. The molecular weight excluding hydrogens is 246 g/mol. The van der Waals surface area contributed by atoms with Gasteiger partial charge in [-0.25, -0.2) is 0 Å². The van der Waals surface area contributed by atoms with Gasteiger partial charge < -0.3 is 10.1 Å². The van der Waals surface area contributed by atoms with Crippen molar-refractivity contribution in [3.63, 3.8) is 0 Å². The third-order valence-corrected chi connectivity index (χ3v) is 6.03. The van der Waals surface area contributed by atoms with Gasteiger partial charge in [0.2, 0.25) is 0 Å². The Morgan fingerprint density at radius 1 is 1.10 bits per heavy atom. The first-order valence-corrected chi connectivity index (χ1v) is 8.80. The summed E-state index contributed by atoms with van der Waals surface area (Å²) < 4.78 is 6.50. The molecule has 2 saturated carbocycles. The molecule has 2 aliphatic rings. The molecule has 0 heterocycles. The van der Waals surface area contributed by atoms with Crippen LogP contribution >= 0.6 is 0 Å². The second-order valence-corrected chi connectivity index (χ2v) is 8.09. The molecule has 0 aromatic heterocycles. The summed E-state index contributed by atoms with van der Waals surface area (Å²) in [6, 6.07) is 0.664. The van der Waals surface area contributed by atoms with Crippen LogP contribution in [0.25, 0.3) is 0 Å². The molecule has 2 fully saturated rings. The fraction of sp³-hybridized carbons (Fsp3) is 1.00. The molecule has 1 N–H and O–H groups in total. The second kappa shape index (κ2) is 6.36. The van der Waals surface area contributed by atoms with Gasteiger partial charge in [-0.15, -0.1) is 0 Å². The molecule has 20 heavy (non-hydrogen) atoms. The topological polar surface area (TPSA) is 21.3 Å². The summed E-state index contributed by atoms with van der Waals surface area (Å²) in [6.45, 7) is 12.9. The molecule has 0 amide bonds. The van der Waals surface area contributed by atoms with E-state index >= 15 is 0 Å². The number of ether oxygens (including phenoxy) is 1. The molecule has 2 aliphatic carbocycles. The Kier molecular flexibility index (Phi) is 5.18. The summed E-state index contributed by atoms with van der Waals surface area (Å²) in [7, 11) is 0. The monoisotopic (exact) mass is 281 g/mol. The Balaban J connectivity index is 1.82. The molecule has 0 saturated heterocycles. The zero-order chi connectivity index (χ0) is 14.8. The highest BCUT2D eigenvalue weighted by Crippen LogP contribution is 2.48. The van der Waals surface area contributed by atoms with Crippen LogP contribution < -0.4 is 5.32 Å². The average molecular weight is 281 g/mol. The average Bonchev–Trinajstić information content (AvgIpc) is 2.42. The summed E-state index contributed by atoms with van der Waals surface area (Å²) in [5, 5.41) is 3.71. The van der Waals surface area contributed by atoms with E-state index in [4.69, 9.17) is 4.74 Å². The minimum atomic E-state index is 0.349. The van der Waals surface area contributed by atoms with E-state index in [-0.39, 0.29) is 0 Å². The first-order chi connectivity index (χ1) is 9.41. The zero-order valence-electron chi connectivity index (χ0n) is 14.3. The molecule has 3 atom stereocenters. The zero-order valence-corrected chi connectivity index (χ0v) is 14.3. The minimum Gasteiger partial charge on any atom is -0.374 e. The predicted molar refractivity (Wildman–Crippen MR) is 86.0 cm³/mol. The predicted octanol–water partition coefficient (Wildman–Crippen LogP) is 4.53. The third-order valence-electron chi connectivity index (χ3n) is 6.03. The largest absolute Gasteiger partial charge is 0.374 e. The highest BCUT2D eigenvalue weighted by Gasteiger charge is 2.51. The summed E-state index contributed by atoms with van der Waals surface area (Å²) in [5.74, 6) is 0. The normalized spacial score (nSPS) is 37.6. The molecule has 0 spiro atoms. The van der Waals surface area contributed by atoms with Gasteiger partial charge in [0.1, 0.15) is 0 Å². The van der Waals surface area contributed by atoms with Crippen LogP contribution in [0.15, 0.2) is 0 Å². The summed E-state index contributed by atoms with van der Waals surface area (Å²) >= 11 is 0. The van der Waals surface area contributed by atoms with Crippen molar-refractivity contribution in [2.75, 3.05) is 6.54 Å². The van der Waals surface area contributed by atoms with Crippen molar-refractivity contribution in [1.29, 1.82) is 0 Å². The van der Waals surface area contributed by atoms with Crippen LogP contribution in [0, 0.1) is 10.8 Å². The molecule has 2 nitrogen and oxygen atoms in total. The van der Waals surface area contributed by atoms with Crippen molar-refractivity contribution in [2.45, 2.75) is 97.8 Å². The van der Waals surface area contributed by atoms with E-state index in [0.29, 0.717) is 29.1 Å². The van der Waals surface area contributed by atoms with E-state index < -0.39 is 0 Å². The highest BCUT2D eigenvalue weighted by molar-refractivity contribution is 5.05. The van der Waals surface area contributed by atoms with E-state index in [9.17, 15) is 0 Å². The van der Waals surface area contributed by atoms with Crippen molar-refractivity contribution >= 4 is 0 Å². The number of rotatable bonds is 6. The van der Waals surface area contributed by atoms with Crippen molar-refractivity contribution in [2.24, 2.45) is 10.8 Å². The first-order valence-electron chi connectivity index (χ1n) is 8.80. The maximum absolute atomic E-state index is 6.50. The van der Waals surface area contributed by atoms with Gasteiger partial charge in [0.05, 0.1) is 12.2 Å². The Bertz CT molecular complexity index is 305. The van der Waals surface area contributed by atoms with Gasteiger partial charge in [0, 0.05) is 11.5 Å². The van der Waals surface area contributed by atoms with Gasteiger partial charge in [0.15, 0.2) is 0 Å². The standard InChI is InChI=1S/C18H35NO/c1-6-12-19-15-13-16(18(15,5)7-2)20-14-8-10-17(3,4)11-9-14/h14-16,19H,6-13H2,1-5H3. The van der Waals surface area contributed by atoms with Gasteiger partial charge in [-0.1, -0.05) is 34.6 Å². The Labute approximate surface area is 126 Å². The third kappa shape index (κ3) is 3.39. The molecule has 0 radical (unpaired) electrons. The van der Waals surface area contributed by atoms with Crippen LogP contribution in [0.1, 0.15) is 79.6 Å². The first kappa shape index (κ1) is 16.3. The van der Waals surface area contributed by atoms with E-state index in [2.05, 4.69) is 39.9 Å². The fourth-order valence-electron chi connectivity index (χ4n) is 3.88. The summed E-state index contributed by atoms with van der Waals surface area (Å²) in [5.41, 5.74) is 0.890. The van der Waals surface area contributed by atoms with Crippen LogP contribution in [0.2, 0.25) is 0 Å². The van der Waals surface area contributed by atoms with Crippen molar-refractivity contribution in [3.8, 4) is 0 Å². The Morgan fingerprint density at radius 2 is 1.75 bits per heavy atom. The number of hydrogen-bond donors (Lipinski definition) is 1. The lowest BCUT2D eigenvalue weighted by atomic mass is 9.61. The second-order valence-electron chi connectivity index (χ2n) is 8.09. The smallest absolute Gasteiger partial charge is 0.0662 e. The van der Waals surface area contributed by atoms with Crippen LogP contribution in [0.3, 0.4) is 0 Å². The lowest BCUT2D eigenvalue weighted by Gasteiger charge is -2.55. The van der Waals surface area contributed by atoms with Crippen LogP contribution in [-0.4, -0.2) is 24.8 Å². The van der Waals surface area contributed by atoms with E-state index in [0.717, 1.165) is 6.54 Å². The SMILES string of the molecule is CCCNC1CC(OC2CCC(C)(C)CC2)C1(C)CC. The van der Waals surface area contributed by atoms with Gasteiger partial charge >= 0.3 is 0 Å². The lowest BCUT2D eigenvalue weighted by Crippen LogP contribution is -2.63. The summed E-state index contributed by atoms with van der Waals surface area (Å²) in [6.07, 6.45) is 9.82. The Hall–Kier alpha value is -0.0800. The van der Waals surface area contributed by atoms with Gasteiger partial charge in [-0.3, -0.25) is 0 Å². The van der Waals surface area contributed by atoms with Crippen molar-refractivity contribution in [3.05, 3.63) is 0 Å². The minimum absolute atomic E-state index is 0.349. The van der Waals surface area contributed by atoms with Crippen molar-refractivity contribution in [1.82, 2.24) is 5.32 Å². The molecule has 0 aliphatic heterocycles. The number of hydrogen-bond acceptors (Lipinski definition) is 2. The van der Waals surface area contributed by atoms with Crippen LogP contribution in [0.5, 0.6) is 0 Å². The van der Waals surface area contributed by atoms with Gasteiger partial charge in [0.25, 0.3) is 0 Å². The quantitative estimate of drug-likeness (QED) is 0.772. The van der Waals surface area contributed by atoms with E-state index in [1.54, 1.807) is 0 Å². The van der Waals surface area contributed by atoms with Crippen LogP contribution in [0.4, 0.5) is 0 Å². The van der Waals surface area contributed by atoms with E-state index in [1.807, 2.05) is 0 Å². The molecule has 118 valence electrons. The van der Waals surface area contributed by atoms with Gasteiger partial charge in [-0.2, -0.15) is 0 Å². The summed E-state index contributed by atoms with van der Waals surface area (Å²) in [4.78, 5) is 0. The molecular formula is C18H35NO. The number of nitrogens with one attached hydrogen (secondary N) is 1.